The molecule has 0 spiro atoms. The number of nitro benzene ring substituents is 1. The van der Waals surface area contributed by atoms with Crippen molar-refractivity contribution in [3.8, 4) is 5.69 Å². The van der Waals surface area contributed by atoms with Gasteiger partial charge in [-0.2, -0.15) is 5.10 Å². The number of carbonyl (C=O) groups excluding carboxylic acids is 1. The SMILES string of the molecule is CCNc1ccc(C(=O)N/N=C/c2ccc(-n3ccnc3)cc2)cc1[N+](=O)[O-]. The normalized spacial score (nSPS) is 10.8. The lowest BCUT2D eigenvalue weighted by Gasteiger charge is -2.06. The molecule has 0 radical (unpaired) electrons. The van der Waals surface area contributed by atoms with Gasteiger partial charge in [0.2, 0.25) is 0 Å². The molecule has 2 aromatic carbocycles. The summed E-state index contributed by atoms with van der Waals surface area (Å²) in [6, 6.07) is 11.7. The summed E-state index contributed by atoms with van der Waals surface area (Å²) in [5.41, 5.74) is 4.48. The number of aromatic nitrogens is 2. The van der Waals surface area contributed by atoms with E-state index < -0.39 is 10.8 Å². The Kier molecular flexibility index (Phi) is 5.75. The number of hydrogen-bond donors (Lipinski definition) is 2. The average molecular weight is 378 g/mol. The molecule has 1 aromatic heterocycles. The van der Waals surface area contributed by atoms with Crippen molar-refractivity contribution in [1.82, 2.24) is 15.0 Å². The Bertz CT molecular complexity index is 997. The van der Waals surface area contributed by atoms with Gasteiger partial charge in [-0.15, -0.1) is 0 Å². The quantitative estimate of drug-likeness (QED) is 0.373. The van der Waals surface area contributed by atoms with Crippen LogP contribution in [-0.4, -0.2) is 33.1 Å². The number of hydrogen-bond acceptors (Lipinski definition) is 6. The number of anilines is 1. The highest BCUT2D eigenvalue weighted by molar-refractivity contribution is 5.96. The van der Waals surface area contributed by atoms with E-state index in [-0.39, 0.29) is 11.3 Å². The highest BCUT2D eigenvalue weighted by atomic mass is 16.6. The summed E-state index contributed by atoms with van der Waals surface area (Å²) in [5, 5.41) is 18.0. The number of imidazole rings is 1. The number of amides is 1. The second-order valence-corrected chi connectivity index (χ2v) is 5.78. The van der Waals surface area contributed by atoms with Crippen LogP contribution in [0.3, 0.4) is 0 Å². The van der Waals surface area contributed by atoms with E-state index in [1.807, 2.05) is 42.0 Å². The number of carbonyl (C=O) groups is 1. The molecule has 3 rings (SSSR count). The molecule has 9 heteroatoms. The molecular formula is C19H18N6O3. The molecule has 1 amide bonds. The highest BCUT2D eigenvalue weighted by Crippen LogP contribution is 2.25. The van der Waals surface area contributed by atoms with Crippen LogP contribution in [-0.2, 0) is 0 Å². The third-order valence-electron chi connectivity index (χ3n) is 3.90. The zero-order valence-corrected chi connectivity index (χ0v) is 15.1. The number of nitrogens with one attached hydrogen (secondary N) is 2. The summed E-state index contributed by atoms with van der Waals surface area (Å²) >= 11 is 0. The molecule has 0 saturated carbocycles. The molecule has 2 N–H and O–H groups in total. The molecule has 1 heterocycles. The Morgan fingerprint density at radius 3 is 2.71 bits per heavy atom. The molecule has 3 aromatic rings. The second-order valence-electron chi connectivity index (χ2n) is 5.78. The standard InChI is InChI=1S/C19H18N6O3/c1-2-21-17-8-5-15(11-18(17)25(27)28)19(26)23-22-12-14-3-6-16(7-4-14)24-10-9-20-13-24/h3-13,21H,2H2,1H3,(H,23,26)/b22-12+. The van der Waals surface area contributed by atoms with Crippen LogP contribution in [0.15, 0.2) is 66.3 Å². The number of nitro groups is 1. The van der Waals surface area contributed by atoms with Gasteiger partial charge in [0, 0.05) is 36.3 Å². The fourth-order valence-corrected chi connectivity index (χ4v) is 2.54. The Hall–Kier alpha value is -4.01. The van der Waals surface area contributed by atoms with Crippen molar-refractivity contribution >= 4 is 23.5 Å². The minimum atomic E-state index is -0.530. The van der Waals surface area contributed by atoms with Crippen LogP contribution in [0, 0.1) is 10.1 Å². The van der Waals surface area contributed by atoms with Gasteiger partial charge < -0.3 is 9.88 Å². The molecule has 0 aliphatic rings. The van der Waals surface area contributed by atoms with E-state index in [2.05, 4.69) is 20.8 Å². The molecule has 0 aliphatic heterocycles. The summed E-state index contributed by atoms with van der Waals surface area (Å²) in [6.45, 7) is 2.37. The molecule has 0 atom stereocenters. The second kappa shape index (κ2) is 8.58. The smallest absolute Gasteiger partial charge is 0.293 e. The monoisotopic (exact) mass is 378 g/mol. The average Bonchev–Trinajstić information content (AvgIpc) is 3.23. The molecule has 142 valence electrons. The first-order chi connectivity index (χ1) is 13.6. The van der Waals surface area contributed by atoms with Gasteiger partial charge in [-0.05, 0) is 36.8 Å². The van der Waals surface area contributed by atoms with E-state index in [1.165, 1.54) is 24.4 Å². The van der Waals surface area contributed by atoms with E-state index in [1.54, 1.807) is 12.5 Å². The van der Waals surface area contributed by atoms with E-state index in [9.17, 15) is 14.9 Å². The maximum Gasteiger partial charge on any atom is 0.293 e. The van der Waals surface area contributed by atoms with Crippen molar-refractivity contribution in [3.63, 3.8) is 0 Å². The summed E-state index contributed by atoms with van der Waals surface area (Å²) in [4.78, 5) is 26.9. The van der Waals surface area contributed by atoms with Crippen molar-refractivity contribution in [1.29, 1.82) is 0 Å². The van der Waals surface area contributed by atoms with Gasteiger partial charge in [0.25, 0.3) is 11.6 Å². The lowest BCUT2D eigenvalue weighted by Crippen LogP contribution is -2.18. The topological polar surface area (TPSA) is 114 Å². The van der Waals surface area contributed by atoms with E-state index >= 15 is 0 Å². The molecule has 28 heavy (non-hydrogen) atoms. The lowest BCUT2D eigenvalue weighted by molar-refractivity contribution is -0.384. The minimum absolute atomic E-state index is 0.154. The van der Waals surface area contributed by atoms with Crippen LogP contribution in [0.2, 0.25) is 0 Å². The third-order valence-corrected chi connectivity index (χ3v) is 3.90. The van der Waals surface area contributed by atoms with Gasteiger partial charge in [0.15, 0.2) is 0 Å². The van der Waals surface area contributed by atoms with Crippen molar-refractivity contribution in [2.45, 2.75) is 6.92 Å². The van der Waals surface area contributed by atoms with Crippen molar-refractivity contribution < 1.29 is 9.72 Å². The van der Waals surface area contributed by atoms with Crippen LogP contribution in [0.1, 0.15) is 22.8 Å². The highest BCUT2D eigenvalue weighted by Gasteiger charge is 2.16. The summed E-state index contributed by atoms with van der Waals surface area (Å²) in [7, 11) is 0. The van der Waals surface area contributed by atoms with Crippen LogP contribution < -0.4 is 10.7 Å². The predicted molar refractivity (Wildman–Crippen MR) is 106 cm³/mol. The van der Waals surface area contributed by atoms with Crippen molar-refractivity contribution in [2.75, 3.05) is 11.9 Å². The summed E-state index contributed by atoms with van der Waals surface area (Å²) in [5.74, 6) is -0.530. The largest absolute Gasteiger partial charge is 0.380 e. The zero-order chi connectivity index (χ0) is 19.9. The first-order valence-corrected chi connectivity index (χ1v) is 8.52. The predicted octanol–water partition coefficient (Wildman–Crippen LogP) is 2.98. The van der Waals surface area contributed by atoms with Crippen molar-refractivity contribution in [2.24, 2.45) is 5.10 Å². The van der Waals surface area contributed by atoms with Gasteiger partial charge in [-0.25, -0.2) is 10.4 Å². The molecule has 9 nitrogen and oxygen atoms in total. The van der Waals surface area contributed by atoms with Crippen LogP contribution in [0.5, 0.6) is 0 Å². The number of nitrogens with zero attached hydrogens (tertiary/aromatic N) is 4. The number of hydrazone groups is 1. The number of benzene rings is 2. The molecule has 0 unspecified atom stereocenters. The van der Waals surface area contributed by atoms with E-state index in [0.29, 0.717) is 12.2 Å². The Morgan fingerprint density at radius 1 is 1.29 bits per heavy atom. The Balaban J connectivity index is 1.66. The van der Waals surface area contributed by atoms with E-state index in [0.717, 1.165) is 11.3 Å². The maximum atomic E-state index is 12.2. The molecule has 0 saturated heterocycles. The van der Waals surface area contributed by atoms with Gasteiger partial charge in [0.1, 0.15) is 5.69 Å². The summed E-state index contributed by atoms with van der Waals surface area (Å²) < 4.78 is 1.87. The van der Waals surface area contributed by atoms with Gasteiger partial charge in [0.05, 0.1) is 17.5 Å². The van der Waals surface area contributed by atoms with Crippen molar-refractivity contribution in [3.05, 3.63) is 82.4 Å². The fourth-order valence-electron chi connectivity index (χ4n) is 2.54. The molecular weight excluding hydrogens is 360 g/mol. The summed E-state index contributed by atoms with van der Waals surface area (Å²) in [6.07, 6.45) is 6.73. The van der Waals surface area contributed by atoms with Gasteiger partial charge >= 0.3 is 0 Å². The molecule has 0 bridgehead atoms. The van der Waals surface area contributed by atoms with Gasteiger partial charge in [-0.1, -0.05) is 12.1 Å². The number of rotatable bonds is 7. The first kappa shape index (κ1) is 18.8. The lowest BCUT2D eigenvalue weighted by atomic mass is 10.1. The Morgan fingerprint density at radius 2 is 2.07 bits per heavy atom. The third kappa shape index (κ3) is 4.39. The minimum Gasteiger partial charge on any atom is -0.380 e. The first-order valence-electron chi connectivity index (χ1n) is 8.52. The zero-order valence-electron chi connectivity index (χ0n) is 15.1. The van der Waals surface area contributed by atoms with Crippen LogP contribution >= 0.6 is 0 Å². The van der Waals surface area contributed by atoms with E-state index in [4.69, 9.17) is 0 Å². The van der Waals surface area contributed by atoms with Gasteiger partial charge in [-0.3, -0.25) is 14.9 Å². The maximum absolute atomic E-state index is 12.2. The fraction of sp³-hybridized carbons (Fsp3) is 0.105. The molecule has 0 aliphatic carbocycles. The Labute approximate surface area is 160 Å². The molecule has 0 fully saturated rings. The van der Waals surface area contributed by atoms with Crippen LogP contribution in [0.25, 0.3) is 5.69 Å². The van der Waals surface area contributed by atoms with Crippen LogP contribution in [0.4, 0.5) is 11.4 Å².